The van der Waals surface area contributed by atoms with Crippen LogP contribution in [0.5, 0.6) is 5.75 Å². The molecule has 100 valence electrons. The van der Waals surface area contributed by atoms with E-state index in [0.29, 0.717) is 12.3 Å². The summed E-state index contributed by atoms with van der Waals surface area (Å²) in [5, 5.41) is 13.4. The Balaban J connectivity index is 2.07. The van der Waals surface area contributed by atoms with Crippen LogP contribution in [0.25, 0.3) is 0 Å². The Bertz CT molecular complexity index is 568. The molecule has 2 aromatic carbocycles. The quantitative estimate of drug-likeness (QED) is 0.879. The highest BCUT2D eigenvalue weighted by Crippen LogP contribution is 2.25. The van der Waals surface area contributed by atoms with E-state index in [1.54, 1.807) is 0 Å². The molecule has 2 rings (SSSR count). The van der Waals surface area contributed by atoms with Crippen molar-refractivity contribution in [1.82, 2.24) is 5.32 Å². The van der Waals surface area contributed by atoms with Crippen LogP contribution in [0.2, 0.25) is 0 Å². The van der Waals surface area contributed by atoms with Gasteiger partial charge in [0, 0.05) is 22.6 Å². The van der Waals surface area contributed by atoms with Crippen molar-refractivity contribution in [2.75, 3.05) is 0 Å². The van der Waals surface area contributed by atoms with Crippen molar-refractivity contribution in [2.45, 2.75) is 26.4 Å². The fourth-order valence-electron chi connectivity index (χ4n) is 2.06. The third-order valence-electron chi connectivity index (χ3n) is 3.29. The smallest absolute Gasteiger partial charge is 0.122 e. The Morgan fingerprint density at radius 2 is 1.89 bits per heavy atom. The van der Waals surface area contributed by atoms with Crippen molar-refractivity contribution in [3.8, 4) is 5.75 Å². The lowest BCUT2D eigenvalue weighted by Gasteiger charge is -2.16. The third kappa shape index (κ3) is 3.37. The van der Waals surface area contributed by atoms with Gasteiger partial charge in [-0.2, -0.15) is 0 Å². The van der Waals surface area contributed by atoms with Crippen molar-refractivity contribution < 1.29 is 5.11 Å². The maximum absolute atomic E-state index is 9.99. The minimum absolute atomic E-state index is 0.218. The summed E-state index contributed by atoms with van der Waals surface area (Å²) in [6, 6.07) is 14.2. The number of para-hydroxylation sites is 1. The average molecular weight is 320 g/mol. The van der Waals surface area contributed by atoms with Crippen molar-refractivity contribution in [3.63, 3.8) is 0 Å². The molecule has 0 aliphatic carbocycles. The van der Waals surface area contributed by atoms with Crippen LogP contribution in [0.4, 0.5) is 0 Å². The molecule has 1 atom stereocenters. The van der Waals surface area contributed by atoms with Gasteiger partial charge in [-0.1, -0.05) is 52.3 Å². The lowest BCUT2D eigenvalue weighted by molar-refractivity contribution is 0.456. The molecule has 0 spiro atoms. The second-order valence-electron chi connectivity index (χ2n) is 4.71. The Kier molecular flexibility index (Phi) is 4.61. The van der Waals surface area contributed by atoms with E-state index < -0.39 is 0 Å². The SMILES string of the molecule is Cc1cccc(CN[C@@H](C)c2ccccc2Br)c1O. The number of rotatable bonds is 4. The molecule has 0 bridgehead atoms. The maximum Gasteiger partial charge on any atom is 0.122 e. The molecule has 0 radical (unpaired) electrons. The van der Waals surface area contributed by atoms with Gasteiger partial charge in [-0.25, -0.2) is 0 Å². The predicted octanol–water partition coefficient (Wildman–Crippen LogP) is 4.31. The molecule has 2 N–H and O–H groups in total. The number of nitrogens with one attached hydrogen (secondary N) is 1. The van der Waals surface area contributed by atoms with Gasteiger partial charge in [-0.3, -0.25) is 0 Å². The highest BCUT2D eigenvalue weighted by atomic mass is 79.9. The highest BCUT2D eigenvalue weighted by Gasteiger charge is 2.09. The largest absolute Gasteiger partial charge is 0.507 e. The van der Waals surface area contributed by atoms with Crippen molar-refractivity contribution in [3.05, 3.63) is 63.6 Å². The summed E-state index contributed by atoms with van der Waals surface area (Å²) in [6.07, 6.45) is 0. The van der Waals surface area contributed by atoms with E-state index in [2.05, 4.69) is 34.2 Å². The van der Waals surface area contributed by atoms with Crippen molar-refractivity contribution in [2.24, 2.45) is 0 Å². The van der Waals surface area contributed by atoms with Gasteiger partial charge >= 0.3 is 0 Å². The monoisotopic (exact) mass is 319 g/mol. The topological polar surface area (TPSA) is 32.3 Å². The molecule has 0 amide bonds. The Labute approximate surface area is 122 Å². The second-order valence-corrected chi connectivity index (χ2v) is 5.56. The molecule has 19 heavy (non-hydrogen) atoms. The van der Waals surface area contributed by atoms with Gasteiger partial charge in [-0.15, -0.1) is 0 Å². The molecule has 0 aromatic heterocycles. The fourth-order valence-corrected chi connectivity index (χ4v) is 2.69. The van der Waals surface area contributed by atoms with Crippen molar-refractivity contribution in [1.29, 1.82) is 0 Å². The molecule has 0 saturated carbocycles. The van der Waals surface area contributed by atoms with Crippen LogP contribution in [-0.4, -0.2) is 5.11 Å². The van der Waals surface area contributed by atoms with Crippen LogP contribution >= 0.6 is 15.9 Å². The van der Waals surface area contributed by atoms with E-state index in [1.165, 1.54) is 5.56 Å². The molecule has 2 nitrogen and oxygen atoms in total. The summed E-state index contributed by atoms with van der Waals surface area (Å²) in [7, 11) is 0. The summed E-state index contributed by atoms with van der Waals surface area (Å²) < 4.78 is 1.10. The number of aryl methyl sites for hydroxylation is 1. The molecule has 3 heteroatoms. The molecule has 0 aliphatic heterocycles. The molecule has 0 fully saturated rings. The van der Waals surface area contributed by atoms with Gasteiger partial charge in [-0.05, 0) is 31.0 Å². The van der Waals surface area contributed by atoms with Crippen LogP contribution < -0.4 is 5.32 Å². The number of benzene rings is 2. The minimum atomic E-state index is 0.218. The molecule has 0 aliphatic rings. The Morgan fingerprint density at radius 1 is 1.16 bits per heavy atom. The van der Waals surface area contributed by atoms with Crippen LogP contribution in [0.1, 0.15) is 29.7 Å². The van der Waals surface area contributed by atoms with Crippen molar-refractivity contribution >= 4 is 15.9 Å². The van der Waals surface area contributed by atoms with Gasteiger partial charge in [0.15, 0.2) is 0 Å². The van der Waals surface area contributed by atoms with Crippen LogP contribution in [0, 0.1) is 6.92 Å². The Hall–Kier alpha value is -1.32. The maximum atomic E-state index is 9.99. The van der Waals surface area contributed by atoms with Gasteiger partial charge in [0.1, 0.15) is 5.75 Å². The van der Waals surface area contributed by atoms with E-state index >= 15 is 0 Å². The Morgan fingerprint density at radius 3 is 2.63 bits per heavy atom. The summed E-state index contributed by atoms with van der Waals surface area (Å²) in [4.78, 5) is 0. The normalized spacial score (nSPS) is 12.4. The van der Waals surface area contributed by atoms with Gasteiger partial charge in [0.05, 0.1) is 0 Å². The number of phenols is 1. The summed E-state index contributed by atoms with van der Waals surface area (Å²) >= 11 is 3.56. The first-order valence-corrected chi connectivity index (χ1v) is 7.14. The first kappa shape index (κ1) is 14.1. The molecule has 2 aromatic rings. The van der Waals surface area contributed by atoms with Gasteiger partial charge in [0.25, 0.3) is 0 Å². The first-order chi connectivity index (χ1) is 9.09. The number of aromatic hydroxyl groups is 1. The van der Waals surface area contributed by atoms with E-state index in [4.69, 9.17) is 0 Å². The van der Waals surface area contributed by atoms with Crippen LogP contribution in [0.15, 0.2) is 46.9 Å². The molecular weight excluding hydrogens is 302 g/mol. The van der Waals surface area contributed by atoms with Gasteiger partial charge < -0.3 is 10.4 Å². The first-order valence-electron chi connectivity index (χ1n) is 6.35. The second kappa shape index (κ2) is 6.22. The zero-order valence-corrected chi connectivity index (χ0v) is 12.7. The molecule has 0 saturated heterocycles. The molecule has 0 heterocycles. The number of halogens is 1. The minimum Gasteiger partial charge on any atom is -0.507 e. The summed E-state index contributed by atoms with van der Waals surface area (Å²) in [6.45, 7) is 4.68. The molecular formula is C16H18BrNO. The van der Waals surface area contributed by atoms with E-state index in [-0.39, 0.29) is 6.04 Å². The third-order valence-corrected chi connectivity index (χ3v) is 4.01. The standard InChI is InChI=1S/C16H18BrNO/c1-11-6-5-7-13(16(11)19)10-18-12(2)14-8-3-4-9-15(14)17/h3-9,12,18-19H,10H2,1-2H3/t12-/m0/s1. The van der Waals surface area contributed by atoms with Gasteiger partial charge in [0.2, 0.25) is 0 Å². The number of hydrogen-bond donors (Lipinski definition) is 2. The zero-order valence-electron chi connectivity index (χ0n) is 11.2. The predicted molar refractivity (Wildman–Crippen MR) is 82.2 cm³/mol. The van der Waals surface area contributed by atoms with E-state index in [0.717, 1.165) is 15.6 Å². The van der Waals surface area contributed by atoms with Crippen LogP contribution in [-0.2, 0) is 6.54 Å². The zero-order chi connectivity index (χ0) is 13.8. The number of phenolic OH excluding ortho intramolecular Hbond substituents is 1. The fraction of sp³-hybridized carbons (Fsp3) is 0.250. The lowest BCUT2D eigenvalue weighted by atomic mass is 10.1. The lowest BCUT2D eigenvalue weighted by Crippen LogP contribution is -2.18. The molecule has 0 unspecified atom stereocenters. The van der Waals surface area contributed by atoms with E-state index in [9.17, 15) is 5.11 Å². The highest BCUT2D eigenvalue weighted by molar-refractivity contribution is 9.10. The average Bonchev–Trinajstić information content (AvgIpc) is 2.40. The summed E-state index contributed by atoms with van der Waals surface area (Å²) in [5.41, 5.74) is 3.06. The van der Waals surface area contributed by atoms with Crippen LogP contribution in [0.3, 0.4) is 0 Å². The summed E-state index contributed by atoms with van der Waals surface area (Å²) in [5.74, 6) is 0.384. The van der Waals surface area contributed by atoms with E-state index in [1.807, 2.05) is 43.3 Å². The number of hydrogen-bond acceptors (Lipinski definition) is 2.